The molecule has 0 aliphatic carbocycles. The van der Waals surface area contributed by atoms with Crippen LogP contribution in [0.1, 0.15) is 25.1 Å². The van der Waals surface area contributed by atoms with Crippen molar-refractivity contribution in [2.75, 3.05) is 0 Å². The molecule has 2 aromatic rings. The van der Waals surface area contributed by atoms with Crippen molar-refractivity contribution < 1.29 is 23.1 Å². The fourth-order valence-electron chi connectivity index (χ4n) is 1.75. The highest BCUT2D eigenvalue weighted by molar-refractivity contribution is 5.79. The molecule has 1 aromatic carbocycles. The standard InChI is InChI=1S/C13H12F3N3O2/c1-12(2,11(20)21)10-7-17-18-19(10)9-5-3-8(4-6-9)13(14,15)16/h3-7H,1-2H3,(H,20,21). The third-order valence-electron chi connectivity index (χ3n) is 3.16. The lowest BCUT2D eigenvalue weighted by Crippen LogP contribution is -2.31. The van der Waals surface area contributed by atoms with E-state index in [9.17, 15) is 23.1 Å². The van der Waals surface area contributed by atoms with E-state index < -0.39 is 23.1 Å². The summed E-state index contributed by atoms with van der Waals surface area (Å²) >= 11 is 0. The van der Waals surface area contributed by atoms with Gasteiger partial charge < -0.3 is 5.11 Å². The van der Waals surface area contributed by atoms with Gasteiger partial charge in [-0.1, -0.05) is 5.21 Å². The Morgan fingerprint density at radius 1 is 1.19 bits per heavy atom. The van der Waals surface area contributed by atoms with Gasteiger partial charge in [-0.2, -0.15) is 13.2 Å². The van der Waals surface area contributed by atoms with Gasteiger partial charge in [0, 0.05) is 0 Å². The third kappa shape index (κ3) is 2.74. The summed E-state index contributed by atoms with van der Waals surface area (Å²) in [4.78, 5) is 11.3. The second kappa shape index (κ2) is 4.87. The zero-order valence-electron chi connectivity index (χ0n) is 11.2. The topological polar surface area (TPSA) is 68.0 Å². The number of carboxylic acids is 1. The van der Waals surface area contributed by atoms with Crippen molar-refractivity contribution in [3.8, 4) is 5.69 Å². The quantitative estimate of drug-likeness (QED) is 0.946. The van der Waals surface area contributed by atoms with E-state index in [4.69, 9.17) is 0 Å². The first kappa shape index (κ1) is 15.0. The molecular weight excluding hydrogens is 287 g/mol. The van der Waals surface area contributed by atoms with Crippen molar-refractivity contribution in [1.82, 2.24) is 15.0 Å². The van der Waals surface area contributed by atoms with Crippen LogP contribution in [0.5, 0.6) is 0 Å². The molecule has 112 valence electrons. The van der Waals surface area contributed by atoms with Gasteiger partial charge in [-0.25, -0.2) is 4.68 Å². The van der Waals surface area contributed by atoms with Crippen molar-refractivity contribution >= 4 is 5.97 Å². The molecule has 0 fully saturated rings. The number of nitrogens with zero attached hydrogens (tertiary/aromatic N) is 3. The minimum atomic E-state index is -4.43. The molecule has 0 aliphatic rings. The van der Waals surface area contributed by atoms with Crippen LogP contribution in [0.4, 0.5) is 13.2 Å². The molecule has 8 heteroatoms. The van der Waals surface area contributed by atoms with Crippen molar-refractivity contribution in [2.24, 2.45) is 0 Å². The van der Waals surface area contributed by atoms with Crippen LogP contribution in [-0.4, -0.2) is 26.1 Å². The summed E-state index contributed by atoms with van der Waals surface area (Å²) in [5.74, 6) is -1.09. The van der Waals surface area contributed by atoms with Crippen molar-refractivity contribution in [3.63, 3.8) is 0 Å². The molecule has 0 atom stereocenters. The van der Waals surface area contributed by atoms with Crippen LogP contribution in [0.25, 0.3) is 5.69 Å². The van der Waals surface area contributed by atoms with Gasteiger partial charge in [0.15, 0.2) is 0 Å². The molecule has 21 heavy (non-hydrogen) atoms. The highest BCUT2D eigenvalue weighted by atomic mass is 19.4. The normalized spacial score (nSPS) is 12.4. The Morgan fingerprint density at radius 2 is 1.76 bits per heavy atom. The maximum atomic E-state index is 12.5. The predicted octanol–water partition coefficient (Wildman–Crippen LogP) is 2.65. The molecule has 5 nitrogen and oxygen atoms in total. The molecule has 0 saturated carbocycles. The molecule has 0 unspecified atom stereocenters. The van der Waals surface area contributed by atoms with E-state index >= 15 is 0 Å². The fourth-order valence-corrected chi connectivity index (χ4v) is 1.75. The first-order chi connectivity index (χ1) is 9.64. The van der Waals surface area contributed by atoms with E-state index in [-0.39, 0.29) is 5.69 Å². The lowest BCUT2D eigenvalue weighted by Gasteiger charge is -2.19. The SMILES string of the molecule is CC(C)(C(=O)O)c1cnnn1-c1ccc(C(F)(F)F)cc1. The molecule has 0 spiro atoms. The Balaban J connectivity index is 2.45. The molecule has 1 aromatic heterocycles. The smallest absolute Gasteiger partial charge is 0.416 e. The van der Waals surface area contributed by atoms with Crippen LogP contribution >= 0.6 is 0 Å². The highest BCUT2D eigenvalue weighted by Crippen LogP contribution is 2.30. The van der Waals surface area contributed by atoms with Gasteiger partial charge in [0.25, 0.3) is 0 Å². The molecule has 1 heterocycles. The lowest BCUT2D eigenvalue weighted by atomic mass is 9.90. The number of aromatic nitrogens is 3. The average Bonchev–Trinajstić information content (AvgIpc) is 2.87. The predicted molar refractivity (Wildman–Crippen MR) is 67.0 cm³/mol. The molecule has 0 radical (unpaired) electrons. The van der Waals surface area contributed by atoms with Crippen molar-refractivity contribution in [1.29, 1.82) is 0 Å². The molecular formula is C13H12F3N3O2. The van der Waals surface area contributed by atoms with Gasteiger partial charge in [0.2, 0.25) is 0 Å². The Kier molecular flexibility index (Phi) is 3.48. The van der Waals surface area contributed by atoms with Crippen molar-refractivity contribution in [3.05, 3.63) is 41.7 Å². The Bertz CT molecular complexity index is 660. The number of carboxylic acid groups (broad SMARTS) is 1. The van der Waals surface area contributed by atoms with Crippen LogP contribution in [0.15, 0.2) is 30.5 Å². The molecule has 0 aliphatic heterocycles. The van der Waals surface area contributed by atoms with E-state index in [1.54, 1.807) is 0 Å². The summed E-state index contributed by atoms with van der Waals surface area (Å²) in [6.45, 7) is 2.93. The van der Waals surface area contributed by atoms with Crippen LogP contribution in [0.2, 0.25) is 0 Å². The maximum absolute atomic E-state index is 12.5. The second-order valence-electron chi connectivity index (χ2n) is 5.01. The Morgan fingerprint density at radius 3 is 2.24 bits per heavy atom. The van der Waals surface area contributed by atoms with Gasteiger partial charge >= 0.3 is 12.1 Å². The number of benzene rings is 1. The summed E-state index contributed by atoms with van der Waals surface area (Å²) < 4.78 is 38.8. The molecule has 2 rings (SSSR count). The van der Waals surface area contributed by atoms with Gasteiger partial charge in [-0.05, 0) is 38.1 Å². The molecule has 0 amide bonds. The van der Waals surface area contributed by atoms with Gasteiger partial charge in [-0.3, -0.25) is 4.79 Å². The summed E-state index contributed by atoms with van der Waals surface area (Å²) in [7, 11) is 0. The third-order valence-corrected chi connectivity index (χ3v) is 3.16. The number of carbonyl (C=O) groups is 1. The largest absolute Gasteiger partial charge is 0.481 e. The first-order valence-corrected chi connectivity index (χ1v) is 5.96. The number of hydrogen-bond acceptors (Lipinski definition) is 3. The summed E-state index contributed by atoms with van der Waals surface area (Å²) in [5.41, 5.74) is -1.48. The molecule has 0 saturated heterocycles. The van der Waals surface area contributed by atoms with E-state index in [0.29, 0.717) is 5.69 Å². The number of halogens is 3. The van der Waals surface area contributed by atoms with Crippen LogP contribution in [-0.2, 0) is 16.4 Å². The van der Waals surface area contributed by atoms with Crippen LogP contribution in [0.3, 0.4) is 0 Å². The molecule has 1 N–H and O–H groups in total. The number of hydrogen-bond donors (Lipinski definition) is 1. The average molecular weight is 299 g/mol. The summed E-state index contributed by atoms with van der Waals surface area (Å²) in [6, 6.07) is 4.26. The van der Waals surface area contributed by atoms with Crippen LogP contribution < -0.4 is 0 Å². The number of rotatable bonds is 3. The summed E-state index contributed by atoms with van der Waals surface area (Å²) in [6.07, 6.45) is -3.14. The number of alkyl halides is 3. The highest BCUT2D eigenvalue weighted by Gasteiger charge is 2.34. The zero-order chi connectivity index (χ0) is 15.8. The van der Waals surface area contributed by atoms with E-state index in [2.05, 4.69) is 10.3 Å². The monoisotopic (exact) mass is 299 g/mol. The lowest BCUT2D eigenvalue weighted by molar-refractivity contribution is -0.142. The van der Waals surface area contributed by atoms with E-state index in [1.807, 2.05) is 0 Å². The van der Waals surface area contributed by atoms with Gasteiger partial charge in [0.1, 0.15) is 5.41 Å². The van der Waals surface area contributed by atoms with Crippen molar-refractivity contribution in [2.45, 2.75) is 25.4 Å². The van der Waals surface area contributed by atoms with Crippen LogP contribution in [0, 0.1) is 0 Å². The minimum absolute atomic E-state index is 0.273. The maximum Gasteiger partial charge on any atom is 0.416 e. The second-order valence-corrected chi connectivity index (χ2v) is 5.01. The van der Waals surface area contributed by atoms with Gasteiger partial charge in [-0.15, -0.1) is 5.10 Å². The Labute approximate surface area is 118 Å². The Hall–Kier alpha value is -2.38. The molecule has 0 bridgehead atoms. The van der Waals surface area contributed by atoms with E-state index in [1.165, 1.54) is 36.9 Å². The fraction of sp³-hybridized carbons (Fsp3) is 0.308. The first-order valence-electron chi connectivity index (χ1n) is 5.96. The summed E-state index contributed by atoms with van der Waals surface area (Å²) in [5, 5.41) is 16.6. The van der Waals surface area contributed by atoms with E-state index in [0.717, 1.165) is 12.1 Å². The number of aliphatic carboxylic acids is 1. The minimum Gasteiger partial charge on any atom is -0.481 e. The van der Waals surface area contributed by atoms with Gasteiger partial charge in [0.05, 0.1) is 23.1 Å². The zero-order valence-corrected chi connectivity index (χ0v) is 11.2.